The molecule has 0 amide bonds. The van der Waals surface area contributed by atoms with Gasteiger partial charge in [0.05, 0.1) is 6.07 Å². The summed E-state index contributed by atoms with van der Waals surface area (Å²) in [5.41, 5.74) is 0. The molecule has 0 bridgehead atoms. The van der Waals surface area contributed by atoms with Gasteiger partial charge in [0.25, 0.3) is 10.1 Å². The molecule has 1 aromatic rings. The fourth-order valence-corrected chi connectivity index (χ4v) is 1.16. The van der Waals surface area contributed by atoms with E-state index in [0.717, 1.165) is 12.1 Å². The van der Waals surface area contributed by atoms with E-state index in [2.05, 4.69) is 0 Å². The van der Waals surface area contributed by atoms with Gasteiger partial charge in [0.1, 0.15) is 16.4 Å². The largest absolute Gasteiger partial charge is 0.508 e. The second-order valence-corrected chi connectivity index (χ2v) is 3.45. The van der Waals surface area contributed by atoms with E-state index in [9.17, 15) is 8.42 Å². The Labute approximate surface area is 68.6 Å². The van der Waals surface area contributed by atoms with Gasteiger partial charge in [-0.05, 0) is 0 Å². The van der Waals surface area contributed by atoms with Gasteiger partial charge in [0, 0.05) is 12.1 Å². The molecule has 0 aliphatic rings. The monoisotopic (exact) mass is 189 g/mol. The first-order chi connectivity index (χ1) is 5.39. The smallest absolute Gasteiger partial charge is 0.295 e. The highest BCUT2D eigenvalue weighted by molar-refractivity contribution is 7.85. The maximum absolute atomic E-state index is 10.4. The molecule has 0 aliphatic carbocycles. The molecule has 12 heavy (non-hydrogen) atoms. The van der Waals surface area contributed by atoms with Crippen molar-refractivity contribution in [3.05, 3.63) is 18.2 Å². The molecule has 1 aromatic carbocycles. The first-order valence-corrected chi connectivity index (χ1v) is 4.26. The minimum atomic E-state index is -4.42. The zero-order valence-electron chi connectivity index (χ0n) is 5.72. The summed E-state index contributed by atoms with van der Waals surface area (Å²) in [4.78, 5) is -0.667. The lowest BCUT2D eigenvalue weighted by Gasteiger charge is -1.98. The molecule has 3 N–H and O–H groups in total. The molecule has 0 unspecified atom stereocenters. The Morgan fingerprint density at radius 3 is 2.25 bits per heavy atom. The predicted octanol–water partition coefficient (Wildman–Crippen LogP) is 0.145. The molecule has 1 radical (unpaired) electrons. The molecule has 5 nitrogen and oxygen atoms in total. The Balaban J connectivity index is 3.37. The molecule has 1 rings (SSSR count). The first kappa shape index (κ1) is 8.82. The first-order valence-electron chi connectivity index (χ1n) is 2.82. The Morgan fingerprint density at radius 1 is 1.25 bits per heavy atom. The standard InChI is InChI=1S/C6H5O5S/c7-4-1-5(8)3-6(2-4)12(9,10)11/h1-2,7-8H,(H,9,10,11). The molecule has 0 aliphatic heterocycles. The Hall–Kier alpha value is -1.27. The van der Waals surface area contributed by atoms with Crippen molar-refractivity contribution < 1.29 is 23.2 Å². The molecule has 0 spiro atoms. The molecule has 0 atom stereocenters. The van der Waals surface area contributed by atoms with Gasteiger partial charge in [0.15, 0.2) is 0 Å². The second-order valence-electron chi connectivity index (χ2n) is 2.06. The number of benzene rings is 1. The number of hydrogen-bond donors (Lipinski definition) is 3. The van der Waals surface area contributed by atoms with Crippen LogP contribution in [0.3, 0.4) is 0 Å². The highest BCUT2D eigenvalue weighted by atomic mass is 32.2. The summed E-state index contributed by atoms with van der Waals surface area (Å²) in [6.45, 7) is 0. The van der Waals surface area contributed by atoms with Crippen LogP contribution in [-0.2, 0) is 10.1 Å². The Bertz CT molecular complexity index is 374. The molecule has 0 heterocycles. The lowest BCUT2D eigenvalue weighted by atomic mass is 10.3. The van der Waals surface area contributed by atoms with Gasteiger partial charge in [-0.1, -0.05) is 0 Å². The van der Waals surface area contributed by atoms with E-state index in [4.69, 9.17) is 14.8 Å². The molecule has 65 valence electrons. The van der Waals surface area contributed by atoms with Crippen molar-refractivity contribution in [2.24, 2.45) is 0 Å². The fourth-order valence-electron chi connectivity index (χ4n) is 0.653. The van der Waals surface area contributed by atoms with Gasteiger partial charge >= 0.3 is 0 Å². The van der Waals surface area contributed by atoms with Crippen molar-refractivity contribution in [2.75, 3.05) is 0 Å². The third-order valence-electron chi connectivity index (χ3n) is 1.09. The van der Waals surface area contributed by atoms with Gasteiger partial charge in [0.2, 0.25) is 0 Å². The summed E-state index contributed by atoms with van der Waals surface area (Å²) in [6, 6.07) is 3.62. The SMILES string of the molecule is O=S(=O)(O)c1[c]c(O)cc(O)c1. The van der Waals surface area contributed by atoms with Crippen LogP contribution in [0, 0.1) is 6.07 Å². The van der Waals surface area contributed by atoms with Crippen LogP contribution in [0.1, 0.15) is 0 Å². The summed E-state index contributed by atoms with van der Waals surface area (Å²) in [5.74, 6) is -1.01. The minimum Gasteiger partial charge on any atom is -0.508 e. The van der Waals surface area contributed by atoms with E-state index in [-0.39, 0.29) is 0 Å². The summed E-state index contributed by atoms with van der Waals surface area (Å²) in [5, 5.41) is 17.6. The maximum atomic E-state index is 10.4. The van der Waals surface area contributed by atoms with Crippen LogP contribution in [-0.4, -0.2) is 23.2 Å². The third kappa shape index (κ3) is 1.86. The molecule has 0 aromatic heterocycles. The normalized spacial score (nSPS) is 11.4. The Morgan fingerprint density at radius 2 is 1.83 bits per heavy atom. The minimum absolute atomic E-state index is 0.459. The van der Waals surface area contributed by atoms with Crippen molar-refractivity contribution >= 4 is 10.1 Å². The van der Waals surface area contributed by atoms with Crippen LogP contribution in [0.25, 0.3) is 0 Å². The number of phenolic OH excluding ortho intramolecular Hbond substituents is 2. The van der Waals surface area contributed by atoms with Crippen LogP contribution in [0.5, 0.6) is 11.5 Å². The van der Waals surface area contributed by atoms with Gasteiger partial charge in [-0.3, -0.25) is 4.55 Å². The van der Waals surface area contributed by atoms with Crippen molar-refractivity contribution in [1.29, 1.82) is 0 Å². The van der Waals surface area contributed by atoms with E-state index in [1.165, 1.54) is 0 Å². The van der Waals surface area contributed by atoms with Gasteiger partial charge in [-0.2, -0.15) is 8.42 Å². The third-order valence-corrected chi connectivity index (χ3v) is 1.87. The number of phenols is 2. The topological polar surface area (TPSA) is 94.8 Å². The van der Waals surface area contributed by atoms with E-state index in [0.29, 0.717) is 0 Å². The number of aromatic hydroxyl groups is 2. The van der Waals surface area contributed by atoms with Gasteiger partial charge in [-0.25, -0.2) is 0 Å². The predicted molar refractivity (Wildman–Crippen MR) is 38.4 cm³/mol. The molecule has 0 fully saturated rings. The zero-order chi connectivity index (χ0) is 9.35. The quantitative estimate of drug-likeness (QED) is 0.546. The molecular formula is C6H5O5S. The van der Waals surface area contributed by atoms with Crippen LogP contribution in [0.15, 0.2) is 17.0 Å². The second kappa shape index (κ2) is 2.65. The number of hydrogen-bond acceptors (Lipinski definition) is 4. The molecule has 6 heteroatoms. The van der Waals surface area contributed by atoms with Crippen molar-refractivity contribution in [3.63, 3.8) is 0 Å². The van der Waals surface area contributed by atoms with Gasteiger partial charge in [-0.15, -0.1) is 0 Å². The van der Waals surface area contributed by atoms with Crippen LogP contribution in [0.4, 0.5) is 0 Å². The maximum Gasteiger partial charge on any atom is 0.295 e. The van der Waals surface area contributed by atoms with Crippen LogP contribution >= 0.6 is 0 Å². The van der Waals surface area contributed by atoms with E-state index in [1.54, 1.807) is 0 Å². The highest BCUT2D eigenvalue weighted by Gasteiger charge is 2.11. The van der Waals surface area contributed by atoms with Crippen LogP contribution < -0.4 is 0 Å². The highest BCUT2D eigenvalue weighted by Crippen LogP contribution is 2.22. The lowest BCUT2D eigenvalue weighted by molar-refractivity contribution is 0.441. The zero-order valence-corrected chi connectivity index (χ0v) is 6.54. The molecule has 0 saturated heterocycles. The van der Waals surface area contributed by atoms with E-state index in [1.807, 2.05) is 6.07 Å². The van der Waals surface area contributed by atoms with Crippen LogP contribution in [0.2, 0.25) is 0 Å². The summed E-state index contributed by atoms with van der Waals surface area (Å²) in [6.07, 6.45) is 0. The van der Waals surface area contributed by atoms with Gasteiger partial charge < -0.3 is 10.2 Å². The lowest BCUT2D eigenvalue weighted by Crippen LogP contribution is -1.97. The molecule has 0 saturated carbocycles. The van der Waals surface area contributed by atoms with E-state index < -0.39 is 26.5 Å². The van der Waals surface area contributed by atoms with Crippen molar-refractivity contribution in [2.45, 2.75) is 4.90 Å². The average molecular weight is 189 g/mol. The molecular weight excluding hydrogens is 184 g/mol. The summed E-state index contributed by atoms with van der Waals surface area (Å²) >= 11 is 0. The average Bonchev–Trinajstić information content (AvgIpc) is 1.82. The van der Waals surface area contributed by atoms with E-state index >= 15 is 0 Å². The van der Waals surface area contributed by atoms with Crippen molar-refractivity contribution in [1.82, 2.24) is 0 Å². The Kier molecular flexibility index (Phi) is 1.95. The number of rotatable bonds is 1. The fraction of sp³-hybridized carbons (Fsp3) is 0. The van der Waals surface area contributed by atoms with Crippen molar-refractivity contribution in [3.8, 4) is 11.5 Å². The summed E-state index contributed by atoms with van der Waals surface area (Å²) in [7, 11) is -4.42. The summed E-state index contributed by atoms with van der Waals surface area (Å²) < 4.78 is 29.3.